The van der Waals surface area contributed by atoms with Gasteiger partial charge in [0.1, 0.15) is 18.0 Å². The smallest absolute Gasteiger partial charge is 0.311 e. The molecule has 0 radical (unpaired) electrons. The van der Waals surface area contributed by atoms with Gasteiger partial charge in [-0.2, -0.15) is 0 Å². The number of benzene rings is 1. The molecule has 7 nitrogen and oxygen atoms in total. The highest BCUT2D eigenvalue weighted by Crippen LogP contribution is 2.17. The minimum absolute atomic E-state index is 0.180. The first-order valence-corrected chi connectivity index (χ1v) is 8.05. The maximum atomic E-state index is 12.3. The largest absolute Gasteiger partial charge is 0.481 e. The van der Waals surface area contributed by atoms with Crippen molar-refractivity contribution < 1.29 is 19.1 Å². The summed E-state index contributed by atoms with van der Waals surface area (Å²) in [5, 5.41) is 11.7. The van der Waals surface area contributed by atoms with Crippen molar-refractivity contribution in [2.45, 2.75) is 26.2 Å². The van der Waals surface area contributed by atoms with Crippen LogP contribution in [0.5, 0.6) is 0 Å². The van der Waals surface area contributed by atoms with Crippen LogP contribution in [-0.2, 0) is 17.6 Å². The summed E-state index contributed by atoms with van der Waals surface area (Å²) in [7, 11) is 0. The van der Waals surface area contributed by atoms with Crippen molar-refractivity contribution in [3.63, 3.8) is 0 Å². The predicted octanol–water partition coefficient (Wildman–Crippen LogP) is 2.45. The Kier molecular flexibility index (Phi) is 4.83. The van der Waals surface area contributed by atoms with Crippen LogP contribution in [0.15, 0.2) is 34.9 Å². The first-order valence-electron chi connectivity index (χ1n) is 8.05. The van der Waals surface area contributed by atoms with E-state index in [2.05, 4.69) is 15.3 Å². The first kappa shape index (κ1) is 16.8. The molecule has 3 aromatic rings. The lowest BCUT2D eigenvalue weighted by atomic mass is 10.1. The number of carboxylic acid groups (broad SMARTS) is 1. The number of rotatable bonds is 7. The molecule has 7 heteroatoms. The normalized spacial score (nSPS) is 10.9. The van der Waals surface area contributed by atoms with E-state index >= 15 is 0 Å². The Morgan fingerprint density at radius 2 is 2.12 bits per heavy atom. The van der Waals surface area contributed by atoms with Crippen LogP contribution in [0.2, 0.25) is 0 Å². The maximum absolute atomic E-state index is 12.3. The van der Waals surface area contributed by atoms with E-state index in [1.54, 1.807) is 6.92 Å². The van der Waals surface area contributed by atoms with Crippen LogP contribution in [-0.4, -0.2) is 33.5 Å². The summed E-state index contributed by atoms with van der Waals surface area (Å²) in [5.74, 6) is -0.290. The SMILES string of the molecule is Cc1coc(CC(=O)O)c1C(=O)NCCCc1nc2ccccc2[nH]1. The number of nitrogens with zero attached hydrogens (tertiary/aromatic N) is 1. The lowest BCUT2D eigenvalue weighted by Crippen LogP contribution is -2.26. The summed E-state index contributed by atoms with van der Waals surface area (Å²) in [6.45, 7) is 2.19. The molecule has 1 amide bonds. The van der Waals surface area contributed by atoms with E-state index in [9.17, 15) is 9.59 Å². The molecule has 0 spiro atoms. The van der Waals surface area contributed by atoms with Crippen molar-refractivity contribution in [2.75, 3.05) is 6.54 Å². The summed E-state index contributed by atoms with van der Waals surface area (Å²) in [6, 6.07) is 7.81. The second-order valence-corrected chi connectivity index (χ2v) is 5.85. The highest BCUT2D eigenvalue weighted by atomic mass is 16.4. The summed E-state index contributed by atoms with van der Waals surface area (Å²) in [6.07, 6.45) is 2.52. The Morgan fingerprint density at radius 1 is 1.32 bits per heavy atom. The van der Waals surface area contributed by atoms with E-state index in [-0.39, 0.29) is 18.1 Å². The molecule has 0 atom stereocenters. The Hall–Kier alpha value is -3.09. The molecule has 2 aromatic heterocycles. The van der Waals surface area contributed by atoms with Crippen molar-refractivity contribution in [1.29, 1.82) is 0 Å². The van der Waals surface area contributed by atoms with Gasteiger partial charge in [-0.05, 0) is 25.5 Å². The van der Waals surface area contributed by atoms with Crippen LogP contribution >= 0.6 is 0 Å². The molecular formula is C18H19N3O4. The first-order chi connectivity index (χ1) is 12.0. The molecule has 0 saturated carbocycles. The molecule has 0 bridgehead atoms. The number of para-hydroxylation sites is 2. The van der Waals surface area contributed by atoms with Crippen molar-refractivity contribution in [2.24, 2.45) is 0 Å². The third-order valence-electron chi connectivity index (χ3n) is 3.90. The number of aromatic amines is 1. The molecule has 0 aliphatic carbocycles. The molecule has 25 heavy (non-hydrogen) atoms. The number of aromatic nitrogens is 2. The number of hydrogen-bond acceptors (Lipinski definition) is 4. The van der Waals surface area contributed by atoms with Gasteiger partial charge in [0, 0.05) is 18.5 Å². The summed E-state index contributed by atoms with van der Waals surface area (Å²) in [4.78, 5) is 30.9. The van der Waals surface area contributed by atoms with Gasteiger partial charge in [0.2, 0.25) is 0 Å². The number of carbonyl (C=O) groups is 2. The zero-order chi connectivity index (χ0) is 17.8. The molecule has 0 unspecified atom stereocenters. The number of hydrogen-bond donors (Lipinski definition) is 3. The molecular weight excluding hydrogens is 322 g/mol. The van der Waals surface area contributed by atoms with Crippen molar-refractivity contribution in [3.05, 3.63) is 53.2 Å². The van der Waals surface area contributed by atoms with Gasteiger partial charge in [0.25, 0.3) is 5.91 Å². The zero-order valence-corrected chi connectivity index (χ0v) is 13.8. The van der Waals surface area contributed by atoms with Crippen LogP contribution < -0.4 is 5.32 Å². The van der Waals surface area contributed by atoms with E-state index in [4.69, 9.17) is 9.52 Å². The average Bonchev–Trinajstić information content (AvgIpc) is 3.14. The lowest BCUT2D eigenvalue weighted by molar-refractivity contribution is -0.136. The van der Waals surface area contributed by atoms with Gasteiger partial charge < -0.3 is 19.8 Å². The molecule has 1 aromatic carbocycles. The quantitative estimate of drug-likeness (QED) is 0.572. The second kappa shape index (κ2) is 7.21. The Labute approximate surface area is 144 Å². The number of aryl methyl sites for hydroxylation is 2. The highest BCUT2D eigenvalue weighted by Gasteiger charge is 2.20. The molecule has 0 aliphatic rings. The zero-order valence-electron chi connectivity index (χ0n) is 13.8. The van der Waals surface area contributed by atoms with Crippen molar-refractivity contribution >= 4 is 22.9 Å². The van der Waals surface area contributed by atoms with Gasteiger partial charge in [0.05, 0.1) is 22.9 Å². The monoisotopic (exact) mass is 341 g/mol. The van der Waals surface area contributed by atoms with Crippen molar-refractivity contribution in [3.8, 4) is 0 Å². The van der Waals surface area contributed by atoms with Gasteiger partial charge in [-0.15, -0.1) is 0 Å². The highest BCUT2D eigenvalue weighted by molar-refractivity contribution is 5.97. The Balaban J connectivity index is 1.54. The Bertz CT molecular complexity index is 877. The number of aliphatic carboxylic acids is 1. The summed E-state index contributed by atoms with van der Waals surface area (Å²) in [5.41, 5.74) is 2.86. The summed E-state index contributed by atoms with van der Waals surface area (Å²) < 4.78 is 5.18. The number of fused-ring (bicyclic) bond motifs is 1. The number of carboxylic acids is 1. The number of nitrogens with one attached hydrogen (secondary N) is 2. The van der Waals surface area contributed by atoms with Crippen LogP contribution in [0.1, 0.15) is 33.9 Å². The van der Waals surface area contributed by atoms with E-state index in [1.807, 2.05) is 24.3 Å². The van der Waals surface area contributed by atoms with Gasteiger partial charge in [-0.25, -0.2) is 4.98 Å². The third-order valence-corrected chi connectivity index (χ3v) is 3.90. The molecule has 2 heterocycles. The standard InChI is InChI=1S/C18H19N3O4/c1-11-10-25-14(9-16(22)23)17(11)18(24)19-8-4-7-15-20-12-5-2-3-6-13(12)21-15/h2-3,5-6,10H,4,7-9H2,1H3,(H,19,24)(H,20,21)(H,22,23). The number of carbonyl (C=O) groups excluding carboxylic acids is 1. The van der Waals surface area contributed by atoms with Gasteiger partial charge >= 0.3 is 5.97 Å². The fourth-order valence-corrected chi connectivity index (χ4v) is 2.74. The number of amides is 1. The number of furan rings is 1. The second-order valence-electron chi connectivity index (χ2n) is 5.85. The fraction of sp³-hybridized carbons (Fsp3) is 0.278. The van der Waals surface area contributed by atoms with E-state index in [0.717, 1.165) is 23.3 Å². The van der Waals surface area contributed by atoms with E-state index < -0.39 is 5.97 Å². The maximum Gasteiger partial charge on any atom is 0.311 e. The number of imidazole rings is 1. The van der Waals surface area contributed by atoms with Gasteiger partial charge in [-0.1, -0.05) is 12.1 Å². The topological polar surface area (TPSA) is 108 Å². The fourth-order valence-electron chi connectivity index (χ4n) is 2.74. The van der Waals surface area contributed by atoms with Crippen LogP contribution in [0.25, 0.3) is 11.0 Å². The predicted molar refractivity (Wildman–Crippen MR) is 91.5 cm³/mol. The van der Waals surface area contributed by atoms with E-state index in [1.165, 1.54) is 6.26 Å². The van der Waals surface area contributed by atoms with Crippen molar-refractivity contribution in [1.82, 2.24) is 15.3 Å². The molecule has 0 aliphatic heterocycles. The minimum Gasteiger partial charge on any atom is -0.481 e. The lowest BCUT2D eigenvalue weighted by Gasteiger charge is -2.05. The molecule has 3 rings (SSSR count). The van der Waals surface area contributed by atoms with Gasteiger partial charge in [-0.3, -0.25) is 9.59 Å². The molecule has 0 fully saturated rings. The van der Waals surface area contributed by atoms with Crippen LogP contribution in [0.3, 0.4) is 0 Å². The summed E-state index contributed by atoms with van der Waals surface area (Å²) >= 11 is 0. The van der Waals surface area contributed by atoms with Crippen LogP contribution in [0.4, 0.5) is 0 Å². The molecule has 0 saturated heterocycles. The van der Waals surface area contributed by atoms with Crippen LogP contribution in [0, 0.1) is 6.92 Å². The molecule has 130 valence electrons. The Morgan fingerprint density at radius 3 is 2.88 bits per heavy atom. The average molecular weight is 341 g/mol. The molecule has 3 N–H and O–H groups in total. The van der Waals surface area contributed by atoms with Gasteiger partial charge in [0.15, 0.2) is 0 Å². The number of H-pyrrole nitrogens is 1. The third kappa shape index (κ3) is 3.88. The minimum atomic E-state index is -1.03. The van der Waals surface area contributed by atoms with E-state index in [0.29, 0.717) is 24.1 Å².